The fourth-order valence-electron chi connectivity index (χ4n) is 3.60. The zero-order valence-electron chi connectivity index (χ0n) is 29.9. The van der Waals surface area contributed by atoms with Crippen LogP contribution in [0.4, 0.5) is 5.69 Å². The fraction of sp³-hybridized carbons (Fsp3) is 0.765. The van der Waals surface area contributed by atoms with Crippen LogP contribution in [-0.2, 0) is 66.4 Å². The highest BCUT2D eigenvalue weighted by Gasteiger charge is 1.99. The van der Waals surface area contributed by atoms with Crippen LogP contribution in [0.5, 0.6) is 5.75 Å². The Balaban J connectivity index is 1.65. The van der Waals surface area contributed by atoms with E-state index in [1.54, 1.807) is 24.3 Å². The zero-order valence-corrected chi connectivity index (χ0v) is 29.9. The molecule has 0 aliphatic heterocycles. The summed E-state index contributed by atoms with van der Waals surface area (Å²) in [5.41, 5.74) is 0.728. The van der Waals surface area contributed by atoms with Gasteiger partial charge in [-0.2, -0.15) is 0 Å². The molecule has 0 aromatic heterocycles. The van der Waals surface area contributed by atoms with Gasteiger partial charge in [0.05, 0.1) is 145 Å². The molecule has 50 heavy (non-hydrogen) atoms. The molecule has 1 aromatic carbocycles. The summed E-state index contributed by atoms with van der Waals surface area (Å²) in [5, 5.41) is 2.71. The number of carbonyl (C=O) groups excluding carboxylic acids is 2. The Bertz CT molecular complexity index is 894. The van der Waals surface area contributed by atoms with Crippen LogP contribution in [0.2, 0.25) is 0 Å². The predicted molar refractivity (Wildman–Crippen MR) is 182 cm³/mol. The Morgan fingerprint density at radius 2 is 0.660 bits per heavy atom. The molecule has 0 aliphatic carbocycles. The van der Waals surface area contributed by atoms with E-state index in [0.717, 1.165) is 5.69 Å². The van der Waals surface area contributed by atoms with Gasteiger partial charge in [0.2, 0.25) is 5.91 Å². The first-order chi connectivity index (χ1) is 24.6. The number of carbonyl (C=O) groups is 2. The summed E-state index contributed by atoms with van der Waals surface area (Å²) in [7, 11) is 0. The lowest BCUT2D eigenvalue weighted by Gasteiger charge is -2.09. The highest BCUT2D eigenvalue weighted by atomic mass is 16.6. The summed E-state index contributed by atoms with van der Waals surface area (Å²) >= 11 is 0. The highest BCUT2D eigenvalue weighted by Crippen LogP contribution is 2.15. The first kappa shape index (κ1) is 45.5. The molecular formula is C34H59NO15. The third kappa shape index (κ3) is 34.0. The Morgan fingerprint density at radius 1 is 0.400 bits per heavy atom. The molecule has 0 saturated heterocycles. The van der Waals surface area contributed by atoms with Crippen molar-refractivity contribution >= 4 is 17.6 Å². The van der Waals surface area contributed by atoms with Crippen molar-refractivity contribution in [2.24, 2.45) is 0 Å². The Morgan fingerprint density at radius 3 is 0.920 bits per heavy atom. The van der Waals surface area contributed by atoms with Crippen molar-refractivity contribution in [3.05, 3.63) is 24.3 Å². The van der Waals surface area contributed by atoms with E-state index in [1.807, 2.05) is 0 Å². The van der Waals surface area contributed by atoms with Gasteiger partial charge in [-0.3, -0.25) is 9.59 Å². The molecule has 1 N–H and O–H groups in total. The number of amides is 1. The molecule has 0 unspecified atom stereocenters. The van der Waals surface area contributed by atoms with E-state index in [4.69, 9.17) is 61.6 Å². The van der Waals surface area contributed by atoms with Gasteiger partial charge in [0.15, 0.2) is 0 Å². The van der Waals surface area contributed by atoms with Gasteiger partial charge in [0.1, 0.15) is 19.0 Å². The maximum atomic E-state index is 11.0. The van der Waals surface area contributed by atoms with Crippen LogP contribution in [0.3, 0.4) is 0 Å². The Hall–Kier alpha value is -2.48. The van der Waals surface area contributed by atoms with E-state index in [-0.39, 0.29) is 18.5 Å². The number of esters is 1. The second-order valence-corrected chi connectivity index (χ2v) is 10.1. The molecule has 0 saturated carbocycles. The number of ether oxygens (including phenoxy) is 13. The number of hydrogen-bond acceptors (Lipinski definition) is 15. The fourth-order valence-corrected chi connectivity index (χ4v) is 3.60. The van der Waals surface area contributed by atoms with Crippen LogP contribution >= 0.6 is 0 Å². The SMILES string of the molecule is CC(=O)Nc1ccc(OCCOCCOCCOCCOCCOCCOCCOCCOCCOCCOCCOCCOC(C)=O)cc1. The first-order valence-electron chi connectivity index (χ1n) is 17.1. The summed E-state index contributed by atoms with van der Waals surface area (Å²) < 4.78 is 70.2. The van der Waals surface area contributed by atoms with Gasteiger partial charge < -0.3 is 66.9 Å². The largest absolute Gasteiger partial charge is 0.491 e. The van der Waals surface area contributed by atoms with Crippen molar-refractivity contribution < 1.29 is 71.2 Å². The molecule has 0 aliphatic rings. The van der Waals surface area contributed by atoms with E-state index in [0.29, 0.717) is 158 Å². The summed E-state index contributed by atoms with van der Waals surface area (Å²) in [4.78, 5) is 21.6. The third-order valence-electron chi connectivity index (χ3n) is 5.92. The van der Waals surface area contributed by atoms with Gasteiger partial charge in [0, 0.05) is 19.5 Å². The van der Waals surface area contributed by atoms with Crippen molar-refractivity contribution in [1.82, 2.24) is 0 Å². The van der Waals surface area contributed by atoms with Crippen molar-refractivity contribution in [2.45, 2.75) is 13.8 Å². The number of hydrogen-bond donors (Lipinski definition) is 1. The van der Waals surface area contributed by atoms with Gasteiger partial charge in [0.25, 0.3) is 0 Å². The molecular weight excluding hydrogens is 662 g/mol. The molecule has 16 nitrogen and oxygen atoms in total. The third-order valence-corrected chi connectivity index (χ3v) is 5.92. The van der Waals surface area contributed by atoms with Crippen LogP contribution in [0.15, 0.2) is 24.3 Å². The summed E-state index contributed by atoms with van der Waals surface area (Å²) in [5.74, 6) is 0.286. The number of nitrogens with one attached hydrogen (secondary N) is 1. The minimum atomic E-state index is -0.315. The molecule has 1 rings (SSSR count). The van der Waals surface area contributed by atoms with E-state index in [2.05, 4.69) is 5.32 Å². The smallest absolute Gasteiger partial charge is 0.302 e. The molecule has 0 atom stereocenters. The van der Waals surface area contributed by atoms with Crippen molar-refractivity contribution in [3.8, 4) is 5.75 Å². The molecule has 0 heterocycles. The molecule has 290 valence electrons. The second kappa shape index (κ2) is 36.3. The van der Waals surface area contributed by atoms with Crippen molar-refractivity contribution in [3.63, 3.8) is 0 Å². The summed E-state index contributed by atoms with van der Waals surface area (Å²) in [6.07, 6.45) is 0. The van der Waals surface area contributed by atoms with E-state index >= 15 is 0 Å². The minimum absolute atomic E-state index is 0.111. The minimum Gasteiger partial charge on any atom is -0.491 e. The summed E-state index contributed by atoms with van der Waals surface area (Å²) in [6.45, 7) is 13.9. The van der Waals surface area contributed by atoms with Crippen LogP contribution in [0.25, 0.3) is 0 Å². The van der Waals surface area contributed by atoms with E-state index in [1.165, 1.54) is 13.8 Å². The maximum Gasteiger partial charge on any atom is 0.302 e. The Kier molecular flexibility index (Phi) is 33.1. The van der Waals surface area contributed by atoms with Crippen LogP contribution in [0.1, 0.15) is 13.8 Å². The molecule has 0 bridgehead atoms. The van der Waals surface area contributed by atoms with Crippen LogP contribution in [-0.4, -0.2) is 170 Å². The molecule has 0 spiro atoms. The molecule has 1 amide bonds. The van der Waals surface area contributed by atoms with E-state index < -0.39 is 0 Å². The lowest BCUT2D eigenvalue weighted by atomic mass is 10.3. The van der Waals surface area contributed by atoms with Crippen molar-refractivity contribution in [2.75, 3.05) is 164 Å². The van der Waals surface area contributed by atoms with Gasteiger partial charge in [-0.25, -0.2) is 0 Å². The van der Waals surface area contributed by atoms with Gasteiger partial charge in [-0.15, -0.1) is 0 Å². The topological polar surface area (TPSA) is 166 Å². The zero-order chi connectivity index (χ0) is 36.0. The molecule has 0 fully saturated rings. The average Bonchev–Trinajstić information content (AvgIpc) is 3.10. The maximum absolute atomic E-state index is 11.0. The van der Waals surface area contributed by atoms with Gasteiger partial charge in [-0.05, 0) is 24.3 Å². The van der Waals surface area contributed by atoms with Crippen LogP contribution in [0, 0.1) is 0 Å². The molecule has 0 radical (unpaired) electrons. The van der Waals surface area contributed by atoms with Crippen molar-refractivity contribution in [1.29, 1.82) is 0 Å². The lowest BCUT2D eigenvalue weighted by Crippen LogP contribution is -2.15. The highest BCUT2D eigenvalue weighted by molar-refractivity contribution is 5.88. The number of anilines is 1. The monoisotopic (exact) mass is 721 g/mol. The second-order valence-electron chi connectivity index (χ2n) is 10.1. The van der Waals surface area contributed by atoms with Gasteiger partial charge in [-0.1, -0.05) is 0 Å². The quantitative estimate of drug-likeness (QED) is 0.0775. The Labute approximate surface area is 296 Å². The predicted octanol–water partition coefficient (Wildman–Crippen LogP) is 1.77. The number of benzene rings is 1. The first-order valence-corrected chi connectivity index (χ1v) is 17.1. The van der Waals surface area contributed by atoms with Crippen LogP contribution < -0.4 is 10.1 Å². The lowest BCUT2D eigenvalue weighted by molar-refractivity contribution is -0.142. The summed E-state index contributed by atoms with van der Waals surface area (Å²) in [6, 6.07) is 7.16. The normalized spacial score (nSPS) is 11.2. The molecule has 16 heteroatoms. The number of rotatable bonds is 38. The molecule has 1 aromatic rings. The standard InChI is InChI=1S/C34H59NO15/c1-31(36)35-33-3-5-34(6-4-33)50-30-28-48-26-24-46-22-20-44-18-16-42-14-12-40-10-8-38-7-9-39-11-13-41-15-17-43-19-21-45-23-25-47-27-29-49-32(2)37/h3-6H,7-30H2,1-2H3,(H,35,36). The van der Waals surface area contributed by atoms with E-state index in [9.17, 15) is 9.59 Å². The van der Waals surface area contributed by atoms with Gasteiger partial charge >= 0.3 is 5.97 Å². The average molecular weight is 722 g/mol.